The highest BCUT2D eigenvalue weighted by Gasteiger charge is 2.17. The van der Waals surface area contributed by atoms with E-state index < -0.39 is 0 Å². The second kappa shape index (κ2) is 11.3. The van der Waals surface area contributed by atoms with Crippen molar-refractivity contribution in [1.82, 2.24) is 20.4 Å². The second-order valence-electron chi connectivity index (χ2n) is 7.49. The summed E-state index contributed by atoms with van der Waals surface area (Å²) in [4.78, 5) is 9.52. The minimum atomic E-state index is 0.297. The van der Waals surface area contributed by atoms with Gasteiger partial charge in [-0.3, -0.25) is 9.89 Å². The third-order valence-electron chi connectivity index (χ3n) is 5.08. The Labute approximate surface area is 165 Å². The molecule has 6 nitrogen and oxygen atoms in total. The van der Waals surface area contributed by atoms with Gasteiger partial charge in [0.1, 0.15) is 0 Å². The second-order valence-corrected chi connectivity index (χ2v) is 7.49. The molecule has 2 unspecified atom stereocenters. The molecule has 1 aliphatic heterocycles. The average molecular weight is 376 g/mol. The van der Waals surface area contributed by atoms with Crippen molar-refractivity contribution in [3.8, 4) is 0 Å². The zero-order valence-electron chi connectivity index (χ0n) is 17.7. The fourth-order valence-electron chi connectivity index (χ4n) is 3.28. The first-order chi connectivity index (χ1) is 13.0. The van der Waals surface area contributed by atoms with Crippen LogP contribution in [-0.4, -0.2) is 81.8 Å². The summed E-state index contributed by atoms with van der Waals surface area (Å²) in [6.45, 7) is 12.6. The Morgan fingerprint density at radius 1 is 1.19 bits per heavy atom. The van der Waals surface area contributed by atoms with Crippen molar-refractivity contribution in [3.05, 3.63) is 35.4 Å². The SMILES string of the molecule is CCNC(=NCC(C)N1CCOCC1)NCC(c1ccc(C)cc1)N(C)C. The molecule has 0 saturated carbocycles. The third kappa shape index (κ3) is 7.13. The molecule has 1 aliphatic rings. The van der Waals surface area contributed by atoms with Gasteiger partial charge in [0, 0.05) is 32.2 Å². The Hall–Kier alpha value is -1.63. The molecule has 1 heterocycles. The van der Waals surface area contributed by atoms with Gasteiger partial charge in [-0.05, 0) is 40.4 Å². The molecule has 2 N–H and O–H groups in total. The first-order valence-corrected chi connectivity index (χ1v) is 10.1. The molecule has 27 heavy (non-hydrogen) atoms. The number of aliphatic imine (C=N–C) groups is 1. The zero-order chi connectivity index (χ0) is 19.6. The number of ether oxygens (including phenoxy) is 1. The predicted molar refractivity (Wildman–Crippen MR) is 113 cm³/mol. The number of hydrogen-bond acceptors (Lipinski definition) is 4. The topological polar surface area (TPSA) is 52.1 Å². The highest BCUT2D eigenvalue weighted by molar-refractivity contribution is 5.79. The Morgan fingerprint density at radius 2 is 1.85 bits per heavy atom. The average Bonchev–Trinajstić information content (AvgIpc) is 2.67. The van der Waals surface area contributed by atoms with Gasteiger partial charge >= 0.3 is 0 Å². The van der Waals surface area contributed by atoms with Gasteiger partial charge in [-0.15, -0.1) is 0 Å². The number of benzene rings is 1. The molecule has 1 saturated heterocycles. The summed E-state index contributed by atoms with van der Waals surface area (Å²) in [7, 11) is 4.24. The molecular weight excluding hydrogens is 338 g/mol. The highest BCUT2D eigenvalue weighted by atomic mass is 16.5. The lowest BCUT2D eigenvalue weighted by atomic mass is 10.0. The number of nitrogens with zero attached hydrogens (tertiary/aromatic N) is 3. The van der Waals surface area contributed by atoms with Crippen LogP contribution in [0.25, 0.3) is 0 Å². The summed E-state index contributed by atoms with van der Waals surface area (Å²) < 4.78 is 5.44. The largest absolute Gasteiger partial charge is 0.379 e. The monoisotopic (exact) mass is 375 g/mol. The van der Waals surface area contributed by atoms with Gasteiger partial charge in [0.2, 0.25) is 0 Å². The number of guanidine groups is 1. The minimum absolute atomic E-state index is 0.297. The van der Waals surface area contributed by atoms with Gasteiger partial charge < -0.3 is 20.3 Å². The van der Waals surface area contributed by atoms with Gasteiger partial charge in [0.25, 0.3) is 0 Å². The standard InChI is InChI=1S/C21H37N5O/c1-6-22-21(23-15-18(3)26-11-13-27-14-12-26)24-16-20(25(4)5)19-9-7-17(2)8-10-19/h7-10,18,20H,6,11-16H2,1-5H3,(H2,22,23,24). The molecule has 0 spiro atoms. The van der Waals surface area contributed by atoms with Crippen LogP contribution in [-0.2, 0) is 4.74 Å². The van der Waals surface area contributed by atoms with Crippen LogP contribution in [0.5, 0.6) is 0 Å². The maximum Gasteiger partial charge on any atom is 0.191 e. The van der Waals surface area contributed by atoms with E-state index in [1.807, 2.05) is 0 Å². The summed E-state index contributed by atoms with van der Waals surface area (Å²) in [5, 5.41) is 6.90. The van der Waals surface area contributed by atoms with Crippen molar-refractivity contribution in [1.29, 1.82) is 0 Å². The Bertz CT molecular complexity index is 566. The summed E-state index contributed by atoms with van der Waals surface area (Å²) in [5.41, 5.74) is 2.60. The molecule has 152 valence electrons. The van der Waals surface area contributed by atoms with Crippen molar-refractivity contribution in [2.75, 3.05) is 60.0 Å². The lowest BCUT2D eigenvalue weighted by Gasteiger charge is -2.31. The molecule has 0 bridgehead atoms. The number of aryl methyl sites for hydroxylation is 1. The van der Waals surface area contributed by atoms with E-state index in [0.717, 1.165) is 51.9 Å². The Balaban J connectivity index is 1.95. The zero-order valence-corrected chi connectivity index (χ0v) is 17.7. The molecular formula is C21H37N5O. The Morgan fingerprint density at radius 3 is 2.44 bits per heavy atom. The van der Waals surface area contributed by atoms with Gasteiger partial charge in [-0.25, -0.2) is 0 Å². The quantitative estimate of drug-likeness (QED) is 0.537. The summed E-state index contributed by atoms with van der Waals surface area (Å²) in [6, 6.07) is 9.50. The van der Waals surface area contributed by atoms with Crippen molar-refractivity contribution >= 4 is 5.96 Å². The van der Waals surface area contributed by atoms with E-state index in [-0.39, 0.29) is 0 Å². The third-order valence-corrected chi connectivity index (χ3v) is 5.08. The van der Waals surface area contributed by atoms with Crippen LogP contribution in [0.3, 0.4) is 0 Å². The van der Waals surface area contributed by atoms with Gasteiger partial charge in [-0.1, -0.05) is 29.8 Å². The molecule has 0 radical (unpaired) electrons. The first-order valence-electron chi connectivity index (χ1n) is 10.1. The number of hydrogen-bond donors (Lipinski definition) is 2. The van der Waals surface area contributed by atoms with E-state index in [9.17, 15) is 0 Å². The van der Waals surface area contributed by atoms with Crippen molar-refractivity contribution in [3.63, 3.8) is 0 Å². The van der Waals surface area contributed by atoms with Crippen LogP contribution in [0.2, 0.25) is 0 Å². The molecule has 1 aromatic rings. The van der Waals surface area contributed by atoms with Crippen molar-refractivity contribution in [2.45, 2.75) is 32.9 Å². The van der Waals surface area contributed by atoms with Crippen molar-refractivity contribution < 1.29 is 4.74 Å². The van der Waals surface area contributed by atoms with E-state index in [0.29, 0.717) is 12.1 Å². The van der Waals surface area contributed by atoms with Crippen LogP contribution in [0, 0.1) is 6.92 Å². The van der Waals surface area contributed by atoms with Gasteiger partial charge in [0.05, 0.1) is 25.8 Å². The number of nitrogens with one attached hydrogen (secondary N) is 2. The number of rotatable bonds is 8. The predicted octanol–water partition coefficient (Wildman–Crippen LogP) is 1.87. The summed E-state index contributed by atoms with van der Waals surface area (Å²) in [5.74, 6) is 0.886. The van der Waals surface area contributed by atoms with Crippen LogP contribution < -0.4 is 10.6 Å². The maximum atomic E-state index is 5.44. The Kier molecular flexibility index (Phi) is 9.04. The summed E-state index contributed by atoms with van der Waals surface area (Å²) in [6.07, 6.45) is 0. The molecule has 1 fully saturated rings. The molecule has 0 aromatic heterocycles. The summed E-state index contributed by atoms with van der Waals surface area (Å²) >= 11 is 0. The van der Waals surface area contributed by atoms with Crippen molar-refractivity contribution in [2.24, 2.45) is 4.99 Å². The van der Waals surface area contributed by atoms with Crippen LogP contribution >= 0.6 is 0 Å². The normalized spacial score (nSPS) is 18.4. The molecule has 6 heteroatoms. The van der Waals surface area contributed by atoms with Crippen LogP contribution in [0.4, 0.5) is 0 Å². The van der Waals surface area contributed by atoms with E-state index >= 15 is 0 Å². The lowest BCUT2D eigenvalue weighted by molar-refractivity contribution is 0.0220. The molecule has 0 amide bonds. The van der Waals surface area contributed by atoms with Gasteiger partial charge in [0.15, 0.2) is 5.96 Å². The fourth-order valence-corrected chi connectivity index (χ4v) is 3.28. The number of morpholine rings is 1. The number of likely N-dealkylation sites (N-methyl/N-ethyl adjacent to an activating group) is 1. The molecule has 0 aliphatic carbocycles. The van der Waals surface area contributed by atoms with E-state index in [2.05, 4.69) is 79.6 Å². The van der Waals surface area contributed by atoms with E-state index in [1.165, 1.54) is 11.1 Å². The van der Waals surface area contributed by atoms with Crippen LogP contribution in [0.1, 0.15) is 31.0 Å². The van der Waals surface area contributed by atoms with E-state index in [4.69, 9.17) is 9.73 Å². The maximum absolute atomic E-state index is 5.44. The molecule has 2 atom stereocenters. The fraction of sp³-hybridized carbons (Fsp3) is 0.667. The van der Waals surface area contributed by atoms with E-state index in [1.54, 1.807) is 0 Å². The molecule has 2 rings (SSSR count). The minimum Gasteiger partial charge on any atom is -0.379 e. The lowest BCUT2D eigenvalue weighted by Crippen LogP contribution is -2.45. The van der Waals surface area contributed by atoms with Gasteiger partial charge in [-0.2, -0.15) is 0 Å². The highest BCUT2D eigenvalue weighted by Crippen LogP contribution is 2.17. The first kappa shape index (κ1) is 21.7. The molecule has 1 aromatic carbocycles. The smallest absolute Gasteiger partial charge is 0.191 e. The van der Waals surface area contributed by atoms with Crippen LogP contribution in [0.15, 0.2) is 29.3 Å².